The highest BCUT2D eigenvalue weighted by Gasteiger charge is 2.19. The normalized spacial score (nSPS) is 15.7. The summed E-state index contributed by atoms with van der Waals surface area (Å²) in [7, 11) is 0. The highest BCUT2D eigenvalue weighted by atomic mass is 35.5. The molecule has 0 rings (SSSR count). The fourth-order valence-corrected chi connectivity index (χ4v) is 1.37. The molecule has 1 atom stereocenters. The summed E-state index contributed by atoms with van der Waals surface area (Å²) in [5.41, 5.74) is 0. The molecule has 0 heterocycles. The maximum absolute atomic E-state index is 5.78. The summed E-state index contributed by atoms with van der Waals surface area (Å²) in [4.78, 5) is 0. The molecular formula is C6H11Cl3. The Kier molecular flexibility index (Phi) is 4.28. The topological polar surface area (TPSA) is 0 Å². The van der Waals surface area contributed by atoms with E-state index in [4.69, 9.17) is 34.8 Å². The van der Waals surface area contributed by atoms with Crippen LogP contribution >= 0.6 is 34.8 Å². The minimum Gasteiger partial charge on any atom is -0.123 e. The lowest BCUT2D eigenvalue weighted by Crippen LogP contribution is -2.13. The van der Waals surface area contributed by atoms with Crippen LogP contribution in [0.25, 0.3) is 0 Å². The standard InChI is InChI=1S/C6H11Cl3/c1-3-5(7)4-6(2,8)9/h5H,3-4H2,1-2H3. The van der Waals surface area contributed by atoms with Gasteiger partial charge in [-0.15, -0.1) is 34.8 Å². The minimum absolute atomic E-state index is 0.102. The summed E-state index contributed by atoms with van der Waals surface area (Å²) >= 11 is 17.2. The number of halogens is 3. The van der Waals surface area contributed by atoms with Gasteiger partial charge in [0.1, 0.15) is 4.33 Å². The Labute approximate surface area is 71.5 Å². The minimum atomic E-state index is -0.664. The van der Waals surface area contributed by atoms with E-state index < -0.39 is 4.33 Å². The smallest absolute Gasteiger partial charge is 0.117 e. The molecule has 3 heteroatoms. The largest absolute Gasteiger partial charge is 0.123 e. The van der Waals surface area contributed by atoms with Crippen LogP contribution in [0.3, 0.4) is 0 Å². The molecule has 0 radical (unpaired) electrons. The average Bonchev–Trinajstić information content (AvgIpc) is 1.62. The van der Waals surface area contributed by atoms with Crippen LogP contribution < -0.4 is 0 Å². The molecule has 0 nitrogen and oxygen atoms in total. The summed E-state index contributed by atoms with van der Waals surface area (Å²) < 4.78 is -0.664. The predicted octanol–water partition coefficient (Wildman–Crippen LogP) is 3.59. The van der Waals surface area contributed by atoms with Gasteiger partial charge >= 0.3 is 0 Å². The van der Waals surface area contributed by atoms with E-state index in [0.29, 0.717) is 6.42 Å². The third-order valence-corrected chi connectivity index (χ3v) is 1.79. The zero-order valence-corrected chi connectivity index (χ0v) is 7.89. The molecule has 0 aliphatic rings. The third-order valence-electron chi connectivity index (χ3n) is 1.02. The van der Waals surface area contributed by atoms with Crippen molar-refractivity contribution in [3.05, 3.63) is 0 Å². The van der Waals surface area contributed by atoms with Crippen LogP contribution in [0.2, 0.25) is 0 Å². The van der Waals surface area contributed by atoms with Gasteiger partial charge in [-0.25, -0.2) is 0 Å². The van der Waals surface area contributed by atoms with Crippen LogP contribution in [0, 0.1) is 0 Å². The van der Waals surface area contributed by atoms with Crippen molar-refractivity contribution in [2.24, 2.45) is 0 Å². The predicted molar refractivity (Wildman–Crippen MR) is 44.7 cm³/mol. The van der Waals surface area contributed by atoms with Gasteiger partial charge in [0.25, 0.3) is 0 Å². The lowest BCUT2D eigenvalue weighted by Gasteiger charge is -2.15. The van der Waals surface area contributed by atoms with Crippen LogP contribution in [0.1, 0.15) is 26.7 Å². The van der Waals surface area contributed by atoms with Crippen molar-refractivity contribution in [1.29, 1.82) is 0 Å². The van der Waals surface area contributed by atoms with Crippen molar-refractivity contribution in [2.45, 2.75) is 36.4 Å². The maximum atomic E-state index is 5.78. The summed E-state index contributed by atoms with van der Waals surface area (Å²) in [6, 6.07) is 0. The first-order valence-electron chi connectivity index (χ1n) is 2.97. The zero-order chi connectivity index (χ0) is 7.49. The molecule has 9 heavy (non-hydrogen) atoms. The Hall–Kier alpha value is 0.870. The first kappa shape index (κ1) is 9.87. The fourth-order valence-electron chi connectivity index (χ4n) is 0.533. The van der Waals surface area contributed by atoms with Crippen molar-refractivity contribution >= 4 is 34.8 Å². The number of rotatable bonds is 3. The summed E-state index contributed by atoms with van der Waals surface area (Å²) in [6.45, 7) is 3.76. The number of hydrogen-bond acceptors (Lipinski definition) is 0. The van der Waals surface area contributed by atoms with Crippen LogP contribution in [-0.4, -0.2) is 9.71 Å². The van der Waals surface area contributed by atoms with Gasteiger partial charge < -0.3 is 0 Å². The van der Waals surface area contributed by atoms with Gasteiger partial charge in [0.2, 0.25) is 0 Å². The molecule has 1 unspecified atom stereocenters. The molecule has 0 fully saturated rings. The molecule has 0 aliphatic carbocycles. The van der Waals surface area contributed by atoms with Crippen molar-refractivity contribution in [3.63, 3.8) is 0 Å². The molecule has 0 saturated carbocycles. The molecular weight excluding hydrogens is 178 g/mol. The Morgan fingerprint density at radius 1 is 1.44 bits per heavy atom. The van der Waals surface area contributed by atoms with E-state index in [1.165, 1.54) is 0 Å². The molecule has 0 N–H and O–H groups in total. The summed E-state index contributed by atoms with van der Waals surface area (Å²) in [6.07, 6.45) is 1.56. The second-order valence-corrected chi connectivity index (χ2v) is 4.76. The van der Waals surface area contributed by atoms with Crippen LogP contribution in [0.5, 0.6) is 0 Å². The maximum Gasteiger partial charge on any atom is 0.117 e. The van der Waals surface area contributed by atoms with E-state index in [1.54, 1.807) is 6.92 Å². The van der Waals surface area contributed by atoms with Gasteiger partial charge in [0.15, 0.2) is 0 Å². The van der Waals surface area contributed by atoms with Crippen molar-refractivity contribution in [1.82, 2.24) is 0 Å². The molecule has 0 bridgehead atoms. The Balaban J connectivity index is 3.47. The van der Waals surface area contributed by atoms with E-state index >= 15 is 0 Å². The third kappa shape index (κ3) is 6.76. The van der Waals surface area contributed by atoms with Crippen molar-refractivity contribution < 1.29 is 0 Å². The lowest BCUT2D eigenvalue weighted by molar-refractivity contribution is 0.680. The monoisotopic (exact) mass is 188 g/mol. The molecule has 0 spiro atoms. The first-order chi connectivity index (χ1) is 3.95. The molecule has 0 aliphatic heterocycles. The highest BCUT2D eigenvalue weighted by molar-refractivity contribution is 6.48. The van der Waals surface area contributed by atoms with Crippen molar-refractivity contribution in [3.8, 4) is 0 Å². The fraction of sp³-hybridized carbons (Fsp3) is 1.00. The molecule has 0 aromatic rings. The van der Waals surface area contributed by atoms with E-state index in [1.807, 2.05) is 6.92 Å². The molecule has 0 aromatic carbocycles. The van der Waals surface area contributed by atoms with Crippen LogP contribution in [0.4, 0.5) is 0 Å². The summed E-state index contributed by atoms with van der Waals surface area (Å²) in [5.74, 6) is 0. The SMILES string of the molecule is CCC(Cl)CC(C)(Cl)Cl. The van der Waals surface area contributed by atoms with Crippen LogP contribution in [-0.2, 0) is 0 Å². The number of hydrogen-bond donors (Lipinski definition) is 0. The van der Waals surface area contributed by atoms with Gasteiger partial charge in [-0.2, -0.15) is 0 Å². The molecule has 0 aromatic heterocycles. The van der Waals surface area contributed by atoms with Gasteiger partial charge in [-0.05, 0) is 19.8 Å². The van der Waals surface area contributed by atoms with E-state index in [9.17, 15) is 0 Å². The lowest BCUT2D eigenvalue weighted by atomic mass is 10.2. The van der Waals surface area contributed by atoms with E-state index in [-0.39, 0.29) is 5.38 Å². The second-order valence-electron chi connectivity index (χ2n) is 2.28. The highest BCUT2D eigenvalue weighted by Crippen LogP contribution is 2.28. The quantitative estimate of drug-likeness (QED) is 0.595. The second kappa shape index (κ2) is 3.90. The Morgan fingerprint density at radius 3 is 2.00 bits per heavy atom. The summed E-state index contributed by atoms with van der Waals surface area (Å²) in [5, 5.41) is 0.102. The Bertz CT molecular complexity index is 74.9. The van der Waals surface area contributed by atoms with Crippen molar-refractivity contribution in [2.75, 3.05) is 0 Å². The van der Waals surface area contributed by atoms with Crippen LogP contribution in [0.15, 0.2) is 0 Å². The average molecular weight is 190 g/mol. The van der Waals surface area contributed by atoms with Gasteiger partial charge in [0.05, 0.1) is 0 Å². The molecule has 56 valence electrons. The Morgan fingerprint density at radius 2 is 1.89 bits per heavy atom. The zero-order valence-electron chi connectivity index (χ0n) is 5.63. The van der Waals surface area contributed by atoms with Gasteiger partial charge in [-0.1, -0.05) is 6.92 Å². The first-order valence-corrected chi connectivity index (χ1v) is 4.17. The molecule has 0 saturated heterocycles. The van der Waals surface area contributed by atoms with Gasteiger partial charge in [-0.3, -0.25) is 0 Å². The van der Waals surface area contributed by atoms with Gasteiger partial charge in [0, 0.05) is 5.38 Å². The van der Waals surface area contributed by atoms with E-state index in [0.717, 1.165) is 6.42 Å². The van der Waals surface area contributed by atoms with E-state index in [2.05, 4.69) is 0 Å². The number of alkyl halides is 3. The molecule has 0 amide bonds.